The summed E-state index contributed by atoms with van der Waals surface area (Å²) in [5, 5.41) is 2.98. The van der Waals surface area contributed by atoms with E-state index in [1.54, 1.807) is 6.08 Å². The summed E-state index contributed by atoms with van der Waals surface area (Å²) in [5.74, 6) is -0.644. The molecule has 3 atom stereocenters. The molecule has 0 radical (unpaired) electrons. The molecule has 0 fully saturated rings. The third kappa shape index (κ3) is 56.4. The maximum atomic E-state index is 13.5. The molecule has 1 amide bonds. The number of amides is 1. The van der Waals surface area contributed by atoms with Crippen molar-refractivity contribution in [2.45, 2.75) is 226 Å². The van der Waals surface area contributed by atoms with Crippen molar-refractivity contribution in [3.05, 3.63) is 146 Å². The van der Waals surface area contributed by atoms with E-state index in [0.717, 1.165) is 122 Å². The summed E-state index contributed by atoms with van der Waals surface area (Å²) in [6, 6.07) is -0.936. The Morgan fingerprint density at radius 2 is 0.831 bits per heavy atom. The van der Waals surface area contributed by atoms with Gasteiger partial charge < -0.3 is 28.5 Å². The second kappa shape index (κ2) is 55.2. The lowest BCUT2D eigenvalue weighted by atomic mass is 10.1. The van der Waals surface area contributed by atoms with E-state index in [1.165, 1.54) is 44.9 Å². The number of ether oxygens (including phenoxy) is 1. The smallest absolute Gasteiger partial charge is 0.306 e. The van der Waals surface area contributed by atoms with Gasteiger partial charge in [-0.1, -0.05) is 218 Å². The number of nitrogens with zero attached hydrogens (tertiary/aromatic N) is 1. The highest BCUT2D eigenvalue weighted by Gasteiger charge is 2.27. The van der Waals surface area contributed by atoms with E-state index in [2.05, 4.69) is 160 Å². The Morgan fingerprint density at radius 3 is 1.26 bits per heavy atom. The van der Waals surface area contributed by atoms with Gasteiger partial charge in [0.1, 0.15) is 19.3 Å². The van der Waals surface area contributed by atoms with Gasteiger partial charge >= 0.3 is 5.97 Å². The quantitative estimate of drug-likeness (QED) is 0.0212. The van der Waals surface area contributed by atoms with E-state index in [4.69, 9.17) is 13.8 Å². The first-order chi connectivity index (χ1) is 37.4. The lowest BCUT2D eigenvalue weighted by Gasteiger charge is -2.30. The first-order valence-corrected chi connectivity index (χ1v) is 31.6. The number of likely N-dealkylation sites (N-methyl/N-ethyl adjacent to an activating group) is 1. The van der Waals surface area contributed by atoms with E-state index >= 15 is 0 Å². The fourth-order valence-electron chi connectivity index (χ4n) is 7.67. The maximum Gasteiger partial charge on any atom is 0.306 e. The molecule has 0 spiro atoms. The molecule has 0 saturated carbocycles. The van der Waals surface area contributed by atoms with Crippen LogP contribution in [-0.2, 0) is 27.9 Å². The van der Waals surface area contributed by atoms with Crippen molar-refractivity contribution in [1.29, 1.82) is 0 Å². The zero-order valence-corrected chi connectivity index (χ0v) is 50.5. The third-order valence-electron chi connectivity index (χ3n) is 12.3. The number of carbonyl (C=O) groups is 2. The largest absolute Gasteiger partial charge is 0.756 e. The van der Waals surface area contributed by atoms with Gasteiger partial charge in [-0.05, 0) is 128 Å². The zero-order valence-electron chi connectivity index (χ0n) is 49.6. The lowest BCUT2D eigenvalue weighted by molar-refractivity contribution is -0.870. The molecular formula is C67H111N2O7P. The molecule has 0 aliphatic heterocycles. The van der Waals surface area contributed by atoms with Gasteiger partial charge in [0.25, 0.3) is 7.82 Å². The number of esters is 1. The van der Waals surface area contributed by atoms with Crippen LogP contribution in [0.3, 0.4) is 0 Å². The topological polar surface area (TPSA) is 114 Å². The van der Waals surface area contributed by atoms with Gasteiger partial charge in [0.15, 0.2) is 0 Å². The Kier molecular flexibility index (Phi) is 52.3. The summed E-state index contributed by atoms with van der Waals surface area (Å²) in [4.78, 5) is 39.9. The number of phosphoric acid groups is 1. The summed E-state index contributed by atoms with van der Waals surface area (Å²) >= 11 is 0. The minimum absolute atomic E-state index is 0.0454. The minimum Gasteiger partial charge on any atom is -0.756 e. The lowest BCUT2D eigenvalue weighted by Crippen LogP contribution is -2.47. The van der Waals surface area contributed by atoms with Crippen LogP contribution >= 0.6 is 7.82 Å². The Labute approximate surface area is 472 Å². The predicted molar refractivity (Wildman–Crippen MR) is 329 cm³/mol. The third-order valence-corrected chi connectivity index (χ3v) is 13.2. The Morgan fingerprint density at radius 1 is 0.468 bits per heavy atom. The molecule has 1 N–H and O–H groups in total. The molecule has 0 saturated heterocycles. The summed E-state index contributed by atoms with van der Waals surface area (Å²) in [7, 11) is 1.11. The molecule has 0 aromatic rings. The predicted octanol–water partition coefficient (Wildman–Crippen LogP) is 18.0. The molecule has 0 aromatic heterocycles. The molecule has 0 bridgehead atoms. The molecule has 10 heteroatoms. The van der Waals surface area contributed by atoms with Crippen LogP contribution in [0.2, 0.25) is 0 Å². The molecule has 3 unspecified atom stereocenters. The van der Waals surface area contributed by atoms with Gasteiger partial charge in [-0.3, -0.25) is 14.2 Å². The molecule has 0 aromatic carbocycles. The normalized spacial score (nSPS) is 14.7. The first kappa shape index (κ1) is 72.9. The van der Waals surface area contributed by atoms with Crippen LogP contribution < -0.4 is 10.2 Å². The van der Waals surface area contributed by atoms with E-state index in [1.807, 2.05) is 27.2 Å². The highest BCUT2D eigenvalue weighted by Crippen LogP contribution is 2.38. The van der Waals surface area contributed by atoms with Gasteiger partial charge in [-0.2, -0.15) is 0 Å². The second-order valence-electron chi connectivity index (χ2n) is 20.7. The van der Waals surface area contributed by atoms with Crippen molar-refractivity contribution in [2.75, 3.05) is 40.9 Å². The van der Waals surface area contributed by atoms with Crippen molar-refractivity contribution in [2.24, 2.45) is 0 Å². The number of quaternary nitrogens is 1. The van der Waals surface area contributed by atoms with Crippen LogP contribution in [0.15, 0.2) is 146 Å². The molecule has 0 aliphatic rings. The van der Waals surface area contributed by atoms with Crippen molar-refractivity contribution in [3.8, 4) is 0 Å². The number of allylic oxidation sites excluding steroid dienone is 23. The van der Waals surface area contributed by atoms with Gasteiger partial charge in [0, 0.05) is 12.8 Å². The average Bonchev–Trinajstić information content (AvgIpc) is 3.39. The van der Waals surface area contributed by atoms with Crippen LogP contribution in [0.25, 0.3) is 0 Å². The number of rotatable bonds is 52. The fraction of sp³-hybridized carbons (Fsp3) is 0.612. The SMILES string of the molecule is CC/C=C\C/C=C\C/C=C\C/C=C\C/C=C\C/C=C\CCCCC(=O)NC(COP(=O)([O-])OCC[N+](C)(C)C)C(/C=C/CCCCCCCCCCC)OC(=O)CCCCC/C=C\C/C=C\C/C=C\C/C=C\C/C=C\CC. The van der Waals surface area contributed by atoms with Gasteiger partial charge in [-0.15, -0.1) is 0 Å². The summed E-state index contributed by atoms with van der Waals surface area (Å²) in [5.41, 5.74) is 0. The highest BCUT2D eigenvalue weighted by atomic mass is 31.2. The maximum absolute atomic E-state index is 13.5. The molecule has 9 nitrogen and oxygen atoms in total. The van der Waals surface area contributed by atoms with E-state index in [0.29, 0.717) is 23.9 Å². The van der Waals surface area contributed by atoms with Gasteiger partial charge in [-0.25, -0.2) is 0 Å². The van der Waals surface area contributed by atoms with Crippen LogP contribution in [0.4, 0.5) is 0 Å². The highest BCUT2D eigenvalue weighted by molar-refractivity contribution is 7.45. The standard InChI is InChI=1S/C67H111N2O7P/c1-7-10-13-16-19-22-25-27-29-31-33-34-36-37-39-41-44-47-50-53-56-59-66(70)68-64(63-75-77(72,73)74-62-61-69(4,5)6)65(58-55-52-49-46-43-24-21-18-15-12-9-3)76-67(71)60-57-54-51-48-45-42-40-38-35-32-30-28-26-23-20-17-14-11-8-2/h10-11,13-14,19-20,22-23,27-30,33-35,37-39,42,44-45,47,55,58,64-65H,7-9,12,15-18,21,24-26,31-32,36,40-41,43,46,48-54,56-57,59-63H2,1-6H3,(H-,68,70,72,73)/b13-10-,14-11-,22-19-,23-20-,29-27-,30-28-,34-33-,38-35-,39-37-,45-42-,47-44-,58-55+. The number of nitrogens with one attached hydrogen (secondary N) is 1. The monoisotopic (exact) mass is 1090 g/mol. The number of phosphoric ester groups is 1. The van der Waals surface area contributed by atoms with Crippen LogP contribution in [0.5, 0.6) is 0 Å². The van der Waals surface area contributed by atoms with Crippen molar-refractivity contribution < 1.29 is 37.3 Å². The first-order valence-electron chi connectivity index (χ1n) is 30.1. The summed E-state index contributed by atoms with van der Waals surface area (Å²) in [6.45, 7) is 6.52. The number of carbonyl (C=O) groups excluding carboxylic acids is 2. The van der Waals surface area contributed by atoms with E-state index in [9.17, 15) is 19.0 Å². The molecule has 436 valence electrons. The Hall–Kier alpha value is -4.11. The van der Waals surface area contributed by atoms with Gasteiger partial charge in [0.2, 0.25) is 5.91 Å². The summed E-state index contributed by atoms with van der Waals surface area (Å²) < 4.78 is 30.2. The van der Waals surface area contributed by atoms with Gasteiger partial charge in [0.05, 0.1) is 33.8 Å². The zero-order chi connectivity index (χ0) is 56.4. The van der Waals surface area contributed by atoms with E-state index < -0.39 is 32.5 Å². The number of hydrogen-bond acceptors (Lipinski definition) is 7. The molecular weight excluding hydrogens is 976 g/mol. The van der Waals surface area contributed by atoms with Crippen LogP contribution in [-0.4, -0.2) is 69.4 Å². The number of unbranched alkanes of at least 4 members (excludes halogenated alkanes) is 14. The molecule has 0 aliphatic carbocycles. The van der Waals surface area contributed by atoms with Crippen molar-refractivity contribution >= 4 is 19.7 Å². The molecule has 0 heterocycles. The average molecular weight is 1090 g/mol. The van der Waals surface area contributed by atoms with Crippen molar-refractivity contribution in [1.82, 2.24) is 5.32 Å². The Balaban J connectivity index is 5.41. The summed E-state index contributed by atoms with van der Waals surface area (Å²) in [6.07, 6.45) is 79.6. The molecule has 0 rings (SSSR count). The van der Waals surface area contributed by atoms with Crippen molar-refractivity contribution in [3.63, 3.8) is 0 Å². The molecule has 77 heavy (non-hydrogen) atoms. The van der Waals surface area contributed by atoms with Crippen LogP contribution in [0, 0.1) is 0 Å². The fourth-order valence-corrected chi connectivity index (χ4v) is 8.39. The minimum atomic E-state index is -4.73. The Bertz CT molecular complexity index is 1830. The number of hydrogen-bond donors (Lipinski definition) is 1. The van der Waals surface area contributed by atoms with E-state index in [-0.39, 0.29) is 25.4 Å². The van der Waals surface area contributed by atoms with Crippen LogP contribution in [0.1, 0.15) is 213 Å². The second-order valence-corrected chi connectivity index (χ2v) is 22.1.